The number of benzene rings is 1. The molecule has 0 amide bonds. The van der Waals surface area contributed by atoms with E-state index < -0.39 is 0 Å². The van der Waals surface area contributed by atoms with Crippen molar-refractivity contribution in [3.05, 3.63) is 41.0 Å². The molecule has 0 atom stereocenters. The first-order valence-corrected chi connectivity index (χ1v) is 5.76. The van der Waals surface area contributed by atoms with Gasteiger partial charge < -0.3 is 0 Å². The summed E-state index contributed by atoms with van der Waals surface area (Å²) in [6.07, 6.45) is 0. The molecule has 2 rings (SSSR count). The van der Waals surface area contributed by atoms with Gasteiger partial charge in [-0.25, -0.2) is 0 Å². The molecule has 1 aliphatic heterocycles. The van der Waals surface area contributed by atoms with Crippen molar-refractivity contribution >= 4 is 17.3 Å². The summed E-state index contributed by atoms with van der Waals surface area (Å²) in [4.78, 5) is 0. The second-order valence-electron chi connectivity index (χ2n) is 3.62. The third-order valence-electron chi connectivity index (χ3n) is 2.48. The number of hydrogen-bond donors (Lipinski definition) is 0. The number of rotatable bonds is 1. The molecule has 0 spiro atoms. The molecule has 0 N–H and O–H groups in total. The van der Waals surface area contributed by atoms with Crippen LogP contribution in [0.2, 0.25) is 0 Å². The minimum Gasteiger partial charge on any atom is -0.153 e. The van der Waals surface area contributed by atoms with Crippen LogP contribution in [-0.4, -0.2) is 11.5 Å². The van der Waals surface area contributed by atoms with Gasteiger partial charge in [0.05, 0.1) is 0 Å². The summed E-state index contributed by atoms with van der Waals surface area (Å²) >= 11 is 2.02. The third kappa shape index (κ3) is 1.80. The molecular weight excluding hydrogens is 176 g/mol. The molecule has 0 bridgehead atoms. The van der Waals surface area contributed by atoms with Crippen LogP contribution >= 0.6 is 11.8 Å². The molecule has 0 radical (unpaired) electrons. The van der Waals surface area contributed by atoms with Crippen LogP contribution in [0, 0.1) is 6.92 Å². The lowest BCUT2D eigenvalue weighted by Gasteiger charge is -2.03. The van der Waals surface area contributed by atoms with Crippen molar-refractivity contribution in [3.63, 3.8) is 0 Å². The van der Waals surface area contributed by atoms with E-state index in [0.717, 1.165) is 0 Å². The largest absolute Gasteiger partial charge is 0.153 e. The summed E-state index contributed by atoms with van der Waals surface area (Å²) in [6.45, 7) is 4.38. The molecule has 1 aliphatic rings. The van der Waals surface area contributed by atoms with Crippen molar-refractivity contribution in [2.24, 2.45) is 0 Å². The normalized spacial score (nSPS) is 16.8. The standard InChI is InChI=1S/C12H14S/c1-9-3-5-11(6-4-9)12-8-13-7-10(12)2/h3-6H,7-8H2,1-2H3. The van der Waals surface area contributed by atoms with Crippen LogP contribution in [0.1, 0.15) is 18.1 Å². The average Bonchev–Trinajstić information content (AvgIpc) is 2.53. The van der Waals surface area contributed by atoms with Crippen LogP contribution in [0.25, 0.3) is 5.57 Å². The molecule has 0 saturated carbocycles. The van der Waals surface area contributed by atoms with Crippen molar-refractivity contribution in [1.82, 2.24) is 0 Å². The lowest BCUT2D eigenvalue weighted by atomic mass is 10.0. The van der Waals surface area contributed by atoms with E-state index in [-0.39, 0.29) is 0 Å². The minimum atomic E-state index is 1.19. The van der Waals surface area contributed by atoms with Gasteiger partial charge in [0.15, 0.2) is 0 Å². The highest BCUT2D eigenvalue weighted by molar-refractivity contribution is 8.00. The molecule has 1 aromatic carbocycles. The Morgan fingerprint density at radius 3 is 2.23 bits per heavy atom. The first-order valence-electron chi connectivity index (χ1n) is 4.61. The predicted molar refractivity (Wildman–Crippen MR) is 61.1 cm³/mol. The zero-order chi connectivity index (χ0) is 9.26. The molecule has 0 aromatic heterocycles. The van der Waals surface area contributed by atoms with E-state index in [9.17, 15) is 0 Å². The minimum absolute atomic E-state index is 1.19. The Bertz CT molecular complexity index is 333. The molecule has 68 valence electrons. The van der Waals surface area contributed by atoms with E-state index in [4.69, 9.17) is 0 Å². The second-order valence-corrected chi connectivity index (χ2v) is 4.60. The van der Waals surface area contributed by atoms with Crippen molar-refractivity contribution in [3.8, 4) is 0 Å². The van der Waals surface area contributed by atoms with Gasteiger partial charge in [0, 0.05) is 11.5 Å². The molecule has 13 heavy (non-hydrogen) atoms. The quantitative estimate of drug-likeness (QED) is 0.653. The summed E-state index contributed by atoms with van der Waals surface area (Å²) in [7, 11) is 0. The maximum atomic E-state index is 2.25. The van der Waals surface area contributed by atoms with Crippen LogP contribution < -0.4 is 0 Å². The van der Waals surface area contributed by atoms with Crippen molar-refractivity contribution < 1.29 is 0 Å². The van der Waals surface area contributed by atoms with Crippen LogP contribution in [0.3, 0.4) is 0 Å². The van der Waals surface area contributed by atoms with Gasteiger partial charge in [0.1, 0.15) is 0 Å². The highest BCUT2D eigenvalue weighted by Crippen LogP contribution is 2.31. The highest BCUT2D eigenvalue weighted by Gasteiger charge is 2.12. The fourth-order valence-corrected chi connectivity index (χ4v) is 2.80. The predicted octanol–water partition coefficient (Wildman–Crippen LogP) is 3.52. The van der Waals surface area contributed by atoms with E-state index in [1.807, 2.05) is 11.8 Å². The SMILES string of the molecule is CC1=C(c2ccc(C)cc2)CSC1. The fraction of sp³-hybridized carbons (Fsp3) is 0.333. The zero-order valence-electron chi connectivity index (χ0n) is 8.13. The molecular formula is C12H14S. The molecule has 0 aliphatic carbocycles. The Labute approximate surface area is 84.0 Å². The molecule has 1 aromatic rings. The summed E-state index contributed by atoms with van der Waals surface area (Å²) in [5.41, 5.74) is 5.85. The van der Waals surface area contributed by atoms with Gasteiger partial charge in [0.25, 0.3) is 0 Å². The third-order valence-corrected chi connectivity index (χ3v) is 3.61. The maximum absolute atomic E-state index is 2.25. The number of aryl methyl sites for hydroxylation is 1. The topological polar surface area (TPSA) is 0 Å². The van der Waals surface area contributed by atoms with Gasteiger partial charge in [-0.1, -0.05) is 35.4 Å². The van der Waals surface area contributed by atoms with E-state index >= 15 is 0 Å². The van der Waals surface area contributed by atoms with E-state index in [0.29, 0.717) is 0 Å². The zero-order valence-corrected chi connectivity index (χ0v) is 8.95. The van der Waals surface area contributed by atoms with Gasteiger partial charge in [-0.3, -0.25) is 0 Å². The summed E-state index contributed by atoms with van der Waals surface area (Å²) in [6, 6.07) is 8.86. The van der Waals surface area contributed by atoms with Gasteiger partial charge in [-0.05, 0) is 25.0 Å². The van der Waals surface area contributed by atoms with Crippen molar-refractivity contribution in [1.29, 1.82) is 0 Å². The first-order chi connectivity index (χ1) is 6.27. The maximum Gasteiger partial charge on any atom is 0.0193 e. The van der Waals surface area contributed by atoms with E-state index in [1.165, 1.54) is 22.6 Å². The molecule has 1 heteroatoms. The van der Waals surface area contributed by atoms with Crippen LogP contribution in [0.5, 0.6) is 0 Å². The fourth-order valence-electron chi connectivity index (χ4n) is 1.60. The van der Waals surface area contributed by atoms with Crippen LogP contribution in [0.4, 0.5) is 0 Å². The summed E-state index contributed by atoms with van der Waals surface area (Å²) in [5, 5.41) is 0. The van der Waals surface area contributed by atoms with Gasteiger partial charge in [-0.2, -0.15) is 11.8 Å². The first kappa shape index (κ1) is 8.89. The second kappa shape index (κ2) is 3.59. The van der Waals surface area contributed by atoms with Gasteiger partial charge in [0.2, 0.25) is 0 Å². The van der Waals surface area contributed by atoms with E-state index in [2.05, 4.69) is 38.1 Å². The number of hydrogen-bond acceptors (Lipinski definition) is 1. The lowest BCUT2D eigenvalue weighted by Crippen LogP contribution is -1.86. The van der Waals surface area contributed by atoms with Crippen LogP contribution in [-0.2, 0) is 0 Å². The summed E-state index contributed by atoms with van der Waals surface area (Å²) < 4.78 is 0. The smallest absolute Gasteiger partial charge is 0.0193 e. The van der Waals surface area contributed by atoms with Crippen molar-refractivity contribution in [2.75, 3.05) is 11.5 Å². The lowest BCUT2D eigenvalue weighted by molar-refractivity contribution is 1.40. The summed E-state index contributed by atoms with van der Waals surface area (Å²) in [5.74, 6) is 2.40. The number of thioether (sulfide) groups is 1. The Hall–Kier alpha value is -0.690. The average molecular weight is 190 g/mol. The van der Waals surface area contributed by atoms with Crippen LogP contribution in [0.15, 0.2) is 29.8 Å². The Morgan fingerprint density at radius 2 is 1.69 bits per heavy atom. The van der Waals surface area contributed by atoms with Crippen molar-refractivity contribution in [2.45, 2.75) is 13.8 Å². The van der Waals surface area contributed by atoms with Gasteiger partial charge in [-0.15, -0.1) is 0 Å². The Balaban J connectivity index is 2.36. The Morgan fingerprint density at radius 1 is 1.00 bits per heavy atom. The Kier molecular flexibility index (Phi) is 2.45. The van der Waals surface area contributed by atoms with Gasteiger partial charge >= 0.3 is 0 Å². The van der Waals surface area contributed by atoms with E-state index in [1.54, 1.807) is 11.1 Å². The molecule has 0 unspecified atom stereocenters. The molecule has 0 saturated heterocycles. The monoisotopic (exact) mass is 190 g/mol. The highest BCUT2D eigenvalue weighted by atomic mass is 32.2. The molecule has 1 heterocycles. The molecule has 0 fully saturated rings. The molecule has 0 nitrogen and oxygen atoms in total.